The van der Waals surface area contributed by atoms with Crippen molar-refractivity contribution in [3.63, 3.8) is 0 Å². The van der Waals surface area contributed by atoms with E-state index in [1.807, 2.05) is 27.7 Å². The van der Waals surface area contributed by atoms with Gasteiger partial charge in [0.1, 0.15) is 11.5 Å². The van der Waals surface area contributed by atoms with Gasteiger partial charge in [-0.05, 0) is 44.9 Å². The summed E-state index contributed by atoms with van der Waals surface area (Å²) in [5, 5.41) is 23.7. The van der Waals surface area contributed by atoms with E-state index in [9.17, 15) is 14.7 Å². The van der Waals surface area contributed by atoms with Gasteiger partial charge >= 0.3 is 0 Å². The number of carbonyl (C=O) groups is 1. The van der Waals surface area contributed by atoms with Crippen LogP contribution in [0.15, 0.2) is 53.7 Å². The number of anilines is 3. The Bertz CT molecular complexity index is 1470. The Kier molecular flexibility index (Phi) is 9.42. The molecule has 0 spiro atoms. The summed E-state index contributed by atoms with van der Waals surface area (Å²) >= 11 is 0. The lowest BCUT2D eigenvalue weighted by Gasteiger charge is -2.17. The zero-order valence-corrected chi connectivity index (χ0v) is 23.6. The van der Waals surface area contributed by atoms with E-state index >= 15 is 0 Å². The third kappa shape index (κ3) is 6.61. The van der Waals surface area contributed by atoms with Crippen molar-refractivity contribution in [1.29, 1.82) is 0 Å². The van der Waals surface area contributed by atoms with Crippen LogP contribution in [0.2, 0.25) is 0 Å². The zero-order chi connectivity index (χ0) is 28.7. The second kappa shape index (κ2) is 12.5. The maximum Gasteiger partial charge on any atom is 0.279 e. The molecule has 11 heteroatoms. The standard InChI is InChI=1S/C24H26N8O3.2C2H6/c1-24(2,35)14-6-9-20(26-12-14)31-10-4-5-16(23(31)34)29-19-11-17(25-3)21-27-13-18(32(21)30-19)22(33)28-15-7-8-15;2*1-2/h4-6,9-13,15,25,35H,7-8H2,1-3H3,(H,28,33)(H,29,30);2*1-2H3. The molecule has 11 nitrogen and oxygen atoms in total. The molecular formula is C28H38N8O3. The first-order chi connectivity index (χ1) is 18.7. The van der Waals surface area contributed by atoms with Crippen LogP contribution in [0.3, 0.4) is 0 Å². The fourth-order valence-electron chi connectivity index (χ4n) is 3.65. The molecule has 1 aliphatic carbocycles. The van der Waals surface area contributed by atoms with Crippen molar-refractivity contribution in [1.82, 2.24) is 29.5 Å². The first kappa shape index (κ1) is 29.3. The van der Waals surface area contributed by atoms with Crippen LogP contribution in [0.4, 0.5) is 17.2 Å². The maximum absolute atomic E-state index is 13.2. The molecule has 0 unspecified atom stereocenters. The summed E-state index contributed by atoms with van der Waals surface area (Å²) in [5.74, 6) is 0.537. The minimum Gasteiger partial charge on any atom is -0.386 e. The van der Waals surface area contributed by atoms with Gasteiger partial charge in [0.2, 0.25) is 0 Å². The van der Waals surface area contributed by atoms with Crippen molar-refractivity contribution in [3.05, 3.63) is 70.5 Å². The molecule has 39 heavy (non-hydrogen) atoms. The van der Waals surface area contributed by atoms with Gasteiger partial charge in [0, 0.05) is 37.1 Å². The van der Waals surface area contributed by atoms with Crippen LogP contribution in [0.1, 0.15) is 70.4 Å². The molecule has 0 saturated heterocycles. The number of hydrogen-bond acceptors (Lipinski definition) is 8. The first-order valence-corrected chi connectivity index (χ1v) is 13.3. The summed E-state index contributed by atoms with van der Waals surface area (Å²) in [6.07, 6.45) is 6.60. The van der Waals surface area contributed by atoms with E-state index < -0.39 is 5.60 Å². The number of aliphatic hydroxyl groups is 1. The number of rotatable bonds is 7. The molecule has 208 valence electrons. The van der Waals surface area contributed by atoms with Crippen LogP contribution >= 0.6 is 0 Å². The molecule has 1 aliphatic rings. The summed E-state index contributed by atoms with van der Waals surface area (Å²) in [6, 6.07) is 8.70. The molecule has 0 atom stereocenters. The topological polar surface area (TPSA) is 138 Å². The predicted octanol–water partition coefficient (Wildman–Crippen LogP) is 4.23. The van der Waals surface area contributed by atoms with E-state index in [1.54, 1.807) is 63.6 Å². The highest BCUT2D eigenvalue weighted by Crippen LogP contribution is 2.24. The van der Waals surface area contributed by atoms with Gasteiger partial charge in [0.25, 0.3) is 11.5 Å². The molecule has 5 rings (SSSR count). The number of amides is 1. The molecule has 1 amide bonds. The molecule has 1 fully saturated rings. The molecule has 4 aromatic rings. The largest absolute Gasteiger partial charge is 0.386 e. The molecule has 4 aromatic heterocycles. The third-order valence-corrected chi connectivity index (χ3v) is 5.79. The number of nitrogens with zero attached hydrogens (tertiary/aromatic N) is 5. The number of pyridine rings is 2. The lowest BCUT2D eigenvalue weighted by molar-refractivity contribution is 0.0782. The monoisotopic (exact) mass is 534 g/mol. The molecule has 0 aliphatic heterocycles. The van der Waals surface area contributed by atoms with Crippen LogP contribution in [0.25, 0.3) is 11.5 Å². The Labute approximate surface area is 228 Å². The normalized spacial score (nSPS) is 12.5. The van der Waals surface area contributed by atoms with Crippen molar-refractivity contribution < 1.29 is 9.90 Å². The summed E-state index contributed by atoms with van der Waals surface area (Å²) in [4.78, 5) is 34.5. The lowest BCUT2D eigenvalue weighted by atomic mass is 10.0. The molecule has 4 heterocycles. The maximum atomic E-state index is 13.2. The molecule has 4 N–H and O–H groups in total. The van der Waals surface area contributed by atoms with Crippen LogP contribution in [0.5, 0.6) is 0 Å². The summed E-state index contributed by atoms with van der Waals surface area (Å²) < 4.78 is 2.87. The van der Waals surface area contributed by atoms with Crippen LogP contribution in [0, 0.1) is 0 Å². The minimum atomic E-state index is -1.03. The number of hydrogen-bond donors (Lipinski definition) is 4. The second-order valence-corrected chi connectivity index (χ2v) is 9.01. The van der Waals surface area contributed by atoms with E-state index in [2.05, 4.69) is 31.0 Å². The molecular weight excluding hydrogens is 496 g/mol. The fourth-order valence-corrected chi connectivity index (χ4v) is 3.65. The second-order valence-electron chi connectivity index (χ2n) is 9.01. The van der Waals surface area contributed by atoms with Gasteiger partial charge in [-0.15, -0.1) is 5.10 Å². The van der Waals surface area contributed by atoms with Gasteiger partial charge in [-0.1, -0.05) is 33.8 Å². The Hall–Kier alpha value is -4.25. The van der Waals surface area contributed by atoms with Crippen LogP contribution < -0.4 is 21.5 Å². The van der Waals surface area contributed by atoms with Crippen LogP contribution in [-0.2, 0) is 5.60 Å². The molecule has 0 radical (unpaired) electrons. The van der Waals surface area contributed by atoms with Crippen molar-refractivity contribution in [2.45, 2.75) is 66.0 Å². The molecule has 0 aromatic carbocycles. The smallest absolute Gasteiger partial charge is 0.279 e. The highest BCUT2D eigenvalue weighted by Gasteiger charge is 2.26. The van der Waals surface area contributed by atoms with Crippen molar-refractivity contribution >= 4 is 28.7 Å². The average Bonchev–Trinajstić information content (AvgIpc) is 3.66. The average molecular weight is 535 g/mol. The van der Waals surface area contributed by atoms with E-state index in [0.29, 0.717) is 34.2 Å². The Morgan fingerprint density at radius 2 is 1.77 bits per heavy atom. The first-order valence-electron chi connectivity index (χ1n) is 13.3. The number of aromatic nitrogens is 5. The predicted molar refractivity (Wildman–Crippen MR) is 154 cm³/mol. The number of imidazole rings is 1. The summed E-state index contributed by atoms with van der Waals surface area (Å²) in [5.41, 5.74) is 1.02. The van der Waals surface area contributed by atoms with E-state index in [4.69, 9.17) is 0 Å². The Morgan fingerprint density at radius 3 is 2.36 bits per heavy atom. The quantitative estimate of drug-likeness (QED) is 0.276. The number of nitrogens with one attached hydrogen (secondary N) is 3. The van der Waals surface area contributed by atoms with Gasteiger partial charge in [0.05, 0.1) is 17.5 Å². The summed E-state index contributed by atoms with van der Waals surface area (Å²) in [6.45, 7) is 11.3. The highest BCUT2D eigenvalue weighted by molar-refractivity contribution is 5.94. The van der Waals surface area contributed by atoms with Crippen molar-refractivity contribution in [3.8, 4) is 5.82 Å². The Morgan fingerprint density at radius 1 is 1.05 bits per heavy atom. The lowest BCUT2D eigenvalue weighted by Crippen LogP contribution is -2.27. The van der Waals surface area contributed by atoms with E-state index in [0.717, 1.165) is 12.8 Å². The zero-order valence-electron chi connectivity index (χ0n) is 23.6. The minimum absolute atomic E-state index is 0.201. The summed E-state index contributed by atoms with van der Waals surface area (Å²) in [7, 11) is 1.75. The van der Waals surface area contributed by atoms with Crippen LogP contribution in [-0.4, -0.2) is 48.3 Å². The van der Waals surface area contributed by atoms with E-state index in [-0.39, 0.29) is 23.2 Å². The van der Waals surface area contributed by atoms with Crippen molar-refractivity contribution in [2.75, 3.05) is 17.7 Å². The number of carbonyl (C=O) groups excluding carboxylic acids is 1. The molecule has 0 bridgehead atoms. The van der Waals surface area contributed by atoms with Gasteiger partial charge in [-0.2, -0.15) is 0 Å². The van der Waals surface area contributed by atoms with E-state index in [1.165, 1.54) is 15.3 Å². The number of fused-ring (bicyclic) bond motifs is 1. The van der Waals surface area contributed by atoms with Crippen molar-refractivity contribution in [2.24, 2.45) is 0 Å². The van der Waals surface area contributed by atoms with Gasteiger partial charge in [-0.25, -0.2) is 14.5 Å². The third-order valence-electron chi connectivity index (χ3n) is 5.79. The van der Waals surface area contributed by atoms with Gasteiger partial charge in [0.15, 0.2) is 17.2 Å². The SMILES string of the molecule is CC.CC.CNc1cc(Nc2cccn(-c3ccc(C(C)(C)O)cn3)c2=O)nn2c(C(=O)NC3CC3)cnc12. The Balaban J connectivity index is 0.00000100. The van der Waals surface area contributed by atoms with Gasteiger partial charge in [-0.3, -0.25) is 14.2 Å². The fraction of sp³-hybridized carbons (Fsp3) is 0.393. The highest BCUT2D eigenvalue weighted by atomic mass is 16.3. The molecule has 1 saturated carbocycles. The van der Waals surface area contributed by atoms with Gasteiger partial charge < -0.3 is 21.1 Å².